The Morgan fingerprint density at radius 1 is 1.21 bits per heavy atom. The van der Waals surface area contributed by atoms with Crippen molar-refractivity contribution in [2.75, 3.05) is 32.6 Å². The molecule has 0 bridgehead atoms. The number of ether oxygens (including phenoxy) is 2. The largest absolute Gasteiger partial charge is 0.484 e. The third kappa shape index (κ3) is 3.82. The zero-order chi connectivity index (χ0) is 16.9. The molecule has 1 aliphatic rings. The second-order valence-corrected chi connectivity index (χ2v) is 6.83. The number of benzene rings is 2. The summed E-state index contributed by atoms with van der Waals surface area (Å²) in [6.45, 7) is 0.965. The van der Waals surface area contributed by atoms with Gasteiger partial charge in [0.05, 0.1) is 7.11 Å². The number of nitrogens with zero attached hydrogens (tertiary/aromatic N) is 1. The quantitative estimate of drug-likeness (QED) is 0.796. The predicted octanol–water partition coefficient (Wildman–Crippen LogP) is 2.34. The molecule has 0 saturated carbocycles. The molecule has 0 spiro atoms. The van der Waals surface area contributed by atoms with E-state index in [2.05, 4.69) is 0 Å². The highest BCUT2D eigenvalue weighted by Crippen LogP contribution is 2.22. The fourth-order valence-corrected chi connectivity index (χ4v) is 3.77. The van der Waals surface area contributed by atoms with Crippen LogP contribution in [0.25, 0.3) is 10.8 Å². The van der Waals surface area contributed by atoms with E-state index in [0.29, 0.717) is 18.8 Å². The topological polar surface area (TPSA) is 55.8 Å². The minimum absolute atomic E-state index is 0.0309. The average Bonchev–Trinajstić information content (AvgIpc) is 2.65. The zero-order valence-corrected chi connectivity index (χ0v) is 14.3. The predicted molar refractivity (Wildman–Crippen MR) is 94.3 cm³/mol. The van der Waals surface area contributed by atoms with Crippen LogP contribution in [0, 0.1) is 0 Å². The Morgan fingerprint density at radius 3 is 2.79 bits per heavy atom. The molecule has 2 aromatic carbocycles. The minimum Gasteiger partial charge on any atom is -0.484 e. The molecule has 0 radical (unpaired) electrons. The molecule has 6 heteroatoms. The number of fused-ring (bicyclic) bond motifs is 1. The molecule has 0 aliphatic carbocycles. The Kier molecular flexibility index (Phi) is 5.25. The maximum absolute atomic E-state index is 12.3. The molecule has 1 heterocycles. The fourth-order valence-electron chi connectivity index (χ4n) is 2.64. The number of carbonyl (C=O) groups excluding carboxylic acids is 2. The number of thioether (sulfide) groups is 1. The van der Waals surface area contributed by atoms with Crippen molar-refractivity contribution in [3.05, 3.63) is 42.5 Å². The second kappa shape index (κ2) is 7.57. The van der Waals surface area contributed by atoms with Crippen LogP contribution in [-0.2, 0) is 14.3 Å². The van der Waals surface area contributed by atoms with Gasteiger partial charge in [0.15, 0.2) is 6.61 Å². The van der Waals surface area contributed by atoms with Crippen molar-refractivity contribution in [1.29, 1.82) is 0 Å². The van der Waals surface area contributed by atoms with Crippen molar-refractivity contribution >= 4 is 34.4 Å². The van der Waals surface area contributed by atoms with Crippen LogP contribution in [-0.4, -0.2) is 54.6 Å². The van der Waals surface area contributed by atoms with E-state index < -0.39 is 0 Å². The standard InChI is InChI=1S/C18H19NO4S/c1-22-18(21)16-11-19(8-9-24-16)17(20)12-23-15-7-6-13-4-2-3-5-14(13)10-15/h2-7,10,16H,8-9,11-12H2,1H3/t16-/m1/s1. The molecule has 0 aromatic heterocycles. The molecule has 5 nitrogen and oxygen atoms in total. The summed E-state index contributed by atoms with van der Waals surface area (Å²) < 4.78 is 10.4. The van der Waals surface area contributed by atoms with Gasteiger partial charge in [-0.05, 0) is 22.9 Å². The molecule has 1 fully saturated rings. The first kappa shape index (κ1) is 16.6. The highest BCUT2D eigenvalue weighted by Gasteiger charge is 2.29. The lowest BCUT2D eigenvalue weighted by atomic mass is 10.1. The summed E-state index contributed by atoms with van der Waals surface area (Å²) in [5.74, 6) is 0.991. The number of hydrogen-bond donors (Lipinski definition) is 0. The average molecular weight is 345 g/mol. The number of amides is 1. The third-order valence-electron chi connectivity index (χ3n) is 3.97. The zero-order valence-electron chi connectivity index (χ0n) is 13.4. The van der Waals surface area contributed by atoms with Crippen molar-refractivity contribution in [3.63, 3.8) is 0 Å². The lowest BCUT2D eigenvalue weighted by molar-refractivity contribution is -0.141. The van der Waals surface area contributed by atoms with Crippen molar-refractivity contribution in [1.82, 2.24) is 4.90 Å². The van der Waals surface area contributed by atoms with Gasteiger partial charge in [-0.3, -0.25) is 9.59 Å². The Labute approximate surface area is 144 Å². The van der Waals surface area contributed by atoms with Crippen LogP contribution in [0.15, 0.2) is 42.5 Å². The van der Waals surface area contributed by atoms with Crippen molar-refractivity contribution < 1.29 is 19.1 Å². The molecular formula is C18H19NO4S. The summed E-state index contributed by atoms with van der Waals surface area (Å²) in [5, 5.41) is 1.89. The highest BCUT2D eigenvalue weighted by molar-refractivity contribution is 8.00. The SMILES string of the molecule is COC(=O)[C@H]1CN(C(=O)COc2ccc3ccccc3c2)CCS1. The fraction of sp³-hybridized carbons (Fsp3) is 0.333. The third-order valence-corrected chi connectivity index (χ3v) is 5.13. The molecule has 0 unspecified atom stereocenters. The first-order valence-corrected chi connectivity index (χ1v) is 8.81. The summed E-state index contributed by atoms with van der Waals surface area (Å²) >= 11 is 1.52. The van der Waals surface area contributed by atoms with Gasteiger partial charge >= 0.3 is 5.97 Å². The van der Waals surface area contributed by atoms with E-state index in [1.165, 1.54) is 18.9 Å². The smallest absolute Gasteiger partial charge is 0.320 e. The van der Waals surface area contributed by atoms with Crippen LogP contribution in [0.1, 0.15) is 0 Å². The molecule has 3 rings (SSSR count). The van der Waals surface area contributed by atoms with Crippen LogP contribution in [0.4, 0.5) is 0 Å². The molecule has 0 N–H and O–H groups in total. The van der Waals surface area contributed by atoms with Gasteiger partial charge in [-0.2, -0.15) is 0 Å². The van der Waals surface area contributed by atoms with E-state index in [-0.39, 0.29) is 23.7 Å². The number of rotatable bonds is 4. The lowest BCUT2D eigenvalue weighted by Crippen LogP contribution is -2.46. The first-order chi connectivity index (χ1) is 11.7. The number of carbonyl (C=O) groups is 2. The molecular weight excluding hydrogens is 326 g/mol. The van der Waals surface area contributed by atoms with Crippen molar-refractivity contribution in [2.45, 2.75) is 5.25 Å². The Balaban J connectivity index is 1.59. The second-order valence-electron chi connectivity index (χ2n) is 5.52. The van der Waals surface area contributed by atoms with Crippen LogP contribution in [0.2, 0.25) is 0 Å². The van der Waals surface area contributed by atoms with E-state index in [4.69, 9.17) is 9.47 Å². The molecule has 1 atom stereocenters. The van der Waals surface area contributed by atoms with Crippen LogP contribution in [0.5, 0.6) is 5.75 Å². The molecule has 126 valence electrons. The molecule has 1 aliphatic heterocycles. The first-order valence-electron chi connectivity index (χ1n) is 7.76. The van der Waals surface area contributed by atoms with Gasteiger partial charge in [0.2, 0.25) is 0 Å². The van der Waals surface area contributed by atoms with Gasteiger partial charge in [0.25, 0.3) is 5.91 Å². The van der Waals surface area contributed by atoms with E-state index in [1.54, 1.807) is 4.90 Å². The molecule has 2 aromatic rings. The summed E-state index contributed by atoms with van der Waals surface area (Å²) in [7, 11) is 1.37. The van der Waals surface area contributed by atoms with Crippen LogP contribution >= 0.6 is 11.8 Å². The minimum atomic E-state index is -0.312. The maximum Gasteiger partial charge on any atom is 0.320 e. The van der Waals surface area contributed by atoms with Crippen molar-refractivity contribution in [3.8, 4) is 5.75 Å². The monoisotopic (exact) mass is 345 g/mol. The Hall–Kier alpha value is -2.21. The van der Waals surface area contributed by atoms with Gasteiger partial charge in [-0.15, -0.1) is 11.8 Å². The van der Waals surface area contributed by atoms with Gasteiger partial charge in [0.1, 0.15) is 11.0 Å². The van der Waals surface area contributed by atoms with Gasteiger partial charge in [-0.25, -0.2) is 0 Å². The summed E-state index contributed by atoms with van der Waals surface area (Å²) in [6, 6.07) is 13.7. The molecule has 1 saturated heterocycles. The summed E-state index contributed by atoms with van der Waals surface area (Å²) in [6.07, 6.45) is 0. The highest BCUT2D eigenvalue weighted by atomic mass is 32.2. The van der Waals surface area contributed by atoms with Crippen LogP contribution < -0.4 is 4.74 Å². The van der Waals surface area contributed by atoms with Crippen molar-refractivity contribution in [2.24, 2.45) is 0 Å². The van der Waals surface area contributed by atoms with Gasteiger partial charge < -0.3 is 14.4 Å². The summed E-state index contributed by atoms with van der Waals surface area (Å²) in [5.41, 5.74) is 0. The van der Waals surface area contributed by atoms with Gasteiger partial charge in [-0.1, -0.05) is 30.3 Å². The lowest BCUT2D eigenvalue weighted by Gasteiger charge is -2.30. The maximum atomic E-state index is 12.3. The number of esters is 1. The Bertz CT molecular complexity index is 749. The summed E-state index contributed by atoms with van der Waals surface area (Å²) in [4.78, 5) is 25.6. The Morgan fingerprint density at radius 2 is 2.00 bits per heavy atom. The van der Waals surface area contributed by atoms with Crippen LogP contribution in [0.3, 0.4) is 0 Å². The molecule has 1 amide bonds. The normalized spacial score (nSPS) is 17.5. The van der Waals surface area contributed by atoms with E-state index in [9.17, 15) is 9.59 Å². The van der Waals surface area contributed by atoms with E-state index in [1.807, 2.05) is 42.5 Å². The number of methoxy groups -OCH3 is 1. The number of hydrogen-bond acceptors (Lipinski definition) is 5. The molecule has 24 heavy (non-hydrogen) atoms. The van der Waals surface area contributed by atoms with E-state index in [0.717, 1.165) is 16.5 Å². The van der Waals surface area contributed by atoms with E-state index >= 15 is 0 Å². The van der Waals surface area contributed by atoms with Gasteiger partial charge in [0, 0.05) is 18.8 Å².